The van der Waals surface area contributed by atoms with Crippen molar-refractivity contribution in [2.45, 2.75) is 38.3 Å². The minimum absolute atomic E-state index is 0.149. The summed E-state index contributed by atoms with van der Waals surface area (Å²) in [5, 5.41) is 4.26. The van der Waals surface area contributed by atoms with Crippen LogP contribution in [0.15, 0.2) is 54.6 Å². The van der Waals surface area contributed by atoms with Crippen molar-refractivity contribution in [1.29, 1.82) is 0 Å². The van der Waals surface area contributed by atoms with Crippen LogP contribution in [-0.4, -0.2) is 34.9 Å². The van der Waals surface area contributed by atoms with Gasteiger partial charge in [0.15, 0.2) is 0 Å². The predicted octanol–water partition coefficient (Wildman–Crippen LogP) is 4.01. The van der Waals surface area contributed by atoms with Crippen LogP contribution in [-0.2, 0) is 17.8 Å². The van der Waals surface area contributed by atoms with Gasteiger partial charge in [-0.2, -0.15) is 0 Å². The molecular formula is C22H25N3OS. The first-order valence-corrected chi connectivity index (χ1v) is 10.5. The Bertz CT molecular complexity index is 852. The summed E-state index contributed by atoms with van der Waals surface area (Å²) in [6.45, 7) is 3.08. The number of amides is 1. The summed E-state index contributed by atoms with van der Waals surface area (Å²) in [4.78, 5) is 19.4. The summed E-state index contributed by atoms with van der Waals surface area (Å²) in [7, 11) is 0. The Labute approximate surface area is 164 Å². The van der Waals surface area contributed by atoms with E-state index in [1.807, 2.05) is 18.2 Å². The van der Waals surface area contributed by atoms with Gasteiger partial charge in [-0.05, 0) is 30.5 Å². The van der Waals surface area contributed by atoms with Crippen molar-refractivity contribution in [2.75, 3.05) is 13.1 Å². The van der Waals surface area contributed by atoms with Crippen LogP contribution in [0.25, 0.3) is 10.2 Å². The Kier molecular flexibility index (Phi) is 5.80. The molecule has 1 aliphatic rings. The number of carbonyl (C=O) groups is 1. The minimum Gasteiger partial charge on any atom is -0.353 e. The van der Waals surface area contributed by atoms with Gasteiger partial charge in [-0.25, -0.2) is 4.98 Å². The van der Waals surface area contributed by atoms with Crippen LogP contribution in [0.4, 0.5) is 0 Å². The number of aromatic nitrogens is 1. The van der Waals surface area contributed by atoms with Gasteiger partial charge in [0.05, 0.1) is 15.2 Å². The molecule has 4 rings (SSSR count). The molecule has 27 heavy (non-hydrogen) atoms. The lowest BCUT2D eigenvalue weighted by Crippen LogP contribution is -2.44. The van der Waals surface area contributed by atoms with Crippen molar-refractivity contribution >= 4 is 27.5 Å². The lowest BCUT2D eigenvalue weighted by molar-refractivity contribution is -0.122. The molecule has 140 valence electrons. The summed E-state index contributed by atoms with van der Waals surface area (Å²) in [6, 6.07) is 19.0. The van der Waals surface area contributed by atoms with Gasteiger partial charge in [-0.15, -0.1) is 11.3 Å². The molecule has 1 aromatic heterocycles. The Balaban J connectivity index is 1.20. The van der Waals surface area contributed by atoms with Gasteiger partial charge < -0.3 is 5.32 Å². The van der Waals surface area contributed by atoms with Crippen LogP contribution in [0.2, 0.25) is 0 Å². The second-order valence-electron chi connectivity index (χ2n) is 7.18. The first kappa shape index (κ1) is 18.1. The molecule has 0 spiro atoms. The molecule has 5 heteroatoms. The number of aryl methyl sites for hydroxylation is 1. The van der Waals surface area contributed by atoms with Gasteiger partial charge in [-0.1, -0.05) is 42.5 Å². The van der Waals surface area contributed by atoms with Crippen molar-refractivity contribution in [1.82, 2.24) is 15.2 Å². The molecule has 1 N–H and O–H groups in total. The van der Waals surface area contributed by atoms with E-state index in [1.54, 1.807) is 11.3 Å². The average Bonchev–Trinajstić information content (AvgIpc) is 3.12. The Morgan fingerprint density at radius 3 is 2.59 bits per heavy atom. The predicted molar refractivity (Wildman–Crippen MR) is 111 cm³/mol. The van der Waals surface area contributed by atoms with E-state index in [4.69, 9.17) is 0 Å². The van der Waals surface area contributed by atoms with Crippen molar-refractivity contribution in [3.63, 3.8) is 0 Å². The van der Waals surface area contributed by atoms with Gasteiger partial charge >= 0.3 is 0 Å². The number of rotatable bonds is 6. The number of benzene rings is 2. The topological polar surface area (TPSA) is 45.2 Å². The molecule has 1 aliphatic heterocycles. The van der Waals surface area contributed by atoms with E-state index in [0.29, 0.717) is 12.5 Å². The molecule has 1 fully saturated rings. The second kappa shape index (κ2) is 8.63. The molecule has 0 bridgehead atoms. The summed E-state index contributed by atoms with van der Waals surface area (Å²) >= 11 is 1.69. The van der Waals surface area contributed by atoms with Crippen LogP contribution in [0, 0.1) is 0 Å². The monoisotopic (exact) mass is 379 g/mol. The Hall–Kier alpha value is -2.24. The van der Waals surface area contributed by atoms with Crippen LogP contribution in [0.3, 0.4) is 0 Å². The number of piperidine rings is 1. The highest BCUT2D eigenvalue weighted by Crippen LogP contribution is 2.22. The SMILES string of the molecule is O=C(CCc1nc2ccccc2s1)NC1CCN(Cc2ccccc2)CC1. The van der Waals surface area contributed by atoms with Gasteiger partial charge in [0.1, 0.15) is 0 Å². The molecule has 4 nitrogen and oxygen atoms in total. The normalized spacial score (nSPS) is 15.9. The highest BCUT2D eigenvalue weighted by Gasteiger charge is 2.20. The third-order valence-electron chi connectivity index (χ3n) is 5.11. The van der Waals surface area contributed by atoms with Crippen molar-refractivity contribution < 1.29 is 4.79 Å². The summed E-state index contributed by atoms with van der Waals surface area (Å²) in [5.74, 6) is 0.149. The molecular weight excluding hydrogens is 354 g/mol. The molecule has 1 amide bonds. The number of nitrogens with one attached hydrogen (secondary N) is 1. The third kappa shape index (κ3) is 4.93. The van der Waals surface area contributed by atoms with E-state index in [2.05, 4.69) is 51.6 Å². The fourth-order valence-electron chi connectivity index (χ4n) is 3.62. The molecule has 2 aromatic carbocycles. The average molecular weight is 380 g/mol. The molecule has 1 saturated heterocycles. The Morgan fingerprint density at radius 2 is 1.81 bits per heavy atom. The van der Waals surface area contributed by atoms with Gasteiger partial charge in [0.2, 0.25) is 5.91 Å². The smallest absolute Gasteiger partial charge is 0.220 e. The van der Waals surface area contributed by atoms with E-state index in [-0.39, 0.29) is 5.91 Å². The zero-order chi connectivity index (χ0) is 18.5. The number of hydrogen-bond donors (Lipinski definition) is 1. The summed E-state index contributed by atoms with van der Waals surface area (Å²) in [5.41, 5.74) is 2.39. The van der Waals surface area contributed by atoms with E-state index in [9.17, 15) is 4.79 Å². The number of nitrogens with zero attached hydrogens (tertiary/aromatic N) is 2. The van der Waals surface area contributed by atoms with Crippen molar-refractivity contribution in [3.8, 4) is 0 Å². The number of hydrogen-bond acceptors (Lipinski definition) is 4. The highest BCUT2D eigenvalue weighted by atomic mass is 32.1. The number of para-hydroxylation sites is 1. The summed E-state index contributed by atoms with van der Waals surface area (Å²) in [6.07, 6.45) is 3.29. The minimum atomic E-state index is 0.149. The van der Waals surface area contributed by atoms with E-state index in [0.717, 1.165) is 49.4 Å². The molecule has 0 saturated carbocycles. The lowest BCUT2D eigenvalue weighted by Gasteiger charge is -2.32. The van der Waals surface area contributed by atoms with E-state index >= 15 is 0 Å². The molecule has 0 aliphatic carbocycles. The van der Waals surface area contributed by atoms with Gasteiger partial charge in [0, 0.05) is 38.5 Å². The van der Waals surface area contributed by atoms with Crippen molar-refractivity contribution in [3.05, 3.63) is 65.2 Å². The number of likely N-dealkylation sites (tertiary alicyclic amines) is 1. The largest absolute Gasteiger partial charge is 0.353 e. The standard InChI is InChI=1S/C22H25N3OS/c26-21(10-11-22-24-19-8-4-5-9-20(19)27-22)23-18-12-14-25(15-13-18)16-17-6-2-1-3-7-17/h1-9,18H,10-16H2,(H,23,26). The van der Waals surface area contributed by atoms with Crippen molar-refractivity contribution in [2.24, 2.45) is 0 Å². The number of thiazole rings is 1. The lowest BCUT2D eigenvalue weighted by atomic mass is 10.0. The van der Waals surface area contributed by atoms with E-state index < -0.39 is 0 Å². The van der Waals surface area contributed by atoms with E-state index in [1.165, 1.54) is 10.3 Å². The molecule has 2 heterocycles. The van der Waals surface area contributed by atoms with Gasteiger partial charge in [0.25, 0.3) is 0 Å². The Morgan fingerprint density at radius 1 is 1.07 bits per heavy atom. The number of fused-ring (bicyclic) bond motifs is 1. The van der Waals surface area contributed by atoms with Crippen LogP contribution >= 0.6 is 11.3 Å². The zero-order valence-corrected chi connectivity index (χ0v) is 16.3. The number of carbonyl (C=O) groups excluding carboxylic acids is 1. The second-order valence-corrected chi connectivity index (χ2v) is 8.29. The van der Waals surface area contributed by atoms with Crippen LogP contribution in [0.1, 0.15) is 29.8 Å². The first-order valence-electron chi connectivity index (χ1n) is 9.66. The maximum atomic E-state index is 12.3. The maximum Gasteiger partial charge on any atom is 0.220 e. The fraction of sp³-hybridized carbons (Fsp3) is 0.364. The fourth-order valence-corrected chi connectivity index (χ4v) is 4.59. The molecule has 0 radical (unpaired) electrons. The van der Waals surface area contributed by atoms with Crippen LogP contribution < -0.4 is 5.32 Å². The van der Waals surface area contributed by atoms with Gasteiger partial charge in [-0.3, -0.25) is 9.69 Å². The zero-order valence-electron chi connectivity index (χ0n) is 15.4. The quantitative estimate of drug-likeness (QED) is 0.704. The first-order chi connectivity index (χ1) is 13.3. The summed E-state index contributed by atoms with van der Waals surface area (Å²) < 4.78 is 1.19. The van der Waals surface area contributed by atoms with Crippen LogP contribution in [0.5, 0.6) is 0 Å². The third-order valence-corrected chi connectivity index (χ3v) is 6.20. The molecule has 0 unspecified atom stereocenters. The highest BCUT2D eigenvalue weighted by molar-refractivity contribution is 7.18. The molecule has 0 atom stereocenters. The maximum absolute atomic E-state index is 12.3. The molecule has 3 aromatic rings.